The summed E-state index contributed by atoms with van der Waals surface area (Å²) in [5.41, 5.74) is 0.132. The molecule has 0 saturated heterocycles. The number of nitrogens with one attached hydrogen (secondary N) is 1. The number of carbonyl (C=O) groups is 3. The van der Waals surface area contributed by atoms with Crippen LogP contribution in [0.25, 0.3) is 0 Å². The smallest absolute Gasteiger partial charge is 0.294 e. The van der Waals surface area contributed by atoms with Gasteiger partial charge in [0, 0.05) is 12.6 Å². The molecule has 0 fully saturated rings. The molecule has 0 radical (unpaired) electrons. The Kier molecular flexibility index (Phi) is 6.02. The van der Waals surface area contributed by atoms with Crippen LogP contribution in [0.2, 0.25) is 0 Å². The van der Waals surface area contributed by atoms with Crippen LogP contribution in [-0.4, -0.2) is 29.6 Å². The highest BCUT2D eigenvalue weighted by Crippen LogP contribution is 2.46. The molecule has 1 aliphatic rings. The molecule has 8 nitrogen and oxygen atoms in total. The van der Waals surface area contributed by atoms with Gasteiger partial charge in [-0.25, -0.2) is 0 Å². The van der Waals surface area contributed by atoms with Crippen LogP contribution in [-0.2, 0) is 10.2 Å². The molecule has 158 valence electrons. The van der Waals surface area contributed by atoms with Crippen molar-refractivity contribution in [1.29, 1.82) is 0 Å². The lowest BCUT2D eigenvalue weighted by Crippen LogP contribution is -2.36. The third kappa shape index (κ3) is 3.72. The van der Waals surface area contributed by atoms with Crippen LogP contribution in [0.3, 0.4) is 0 Å². The first-order valence-electron chi connectivity index (χ1n) is 9.71. The van der Waals surface area contributed by atoms with E-state index in [9.17, 15) is 24.5 Å². The maximum absolute atomic E-state index is 13.0. The highest BCUT2D eigenvalue weighted by atomic mass is 32.1. The second kappa shape index (κ2) is 8.35. The summed E-state index contributed by atoms with van der Waals surface area (Å²) in [6.07, 6.45) is 3.33. The van der Waals surface area contributed by atoms with Crippen LogP contribution in [0.4, 0.5) is 17.1 Å². The largest absolute Gasteiger partial charge is 0.316 e. The van der Waals surface area contributed by atoms with E-state index in [0.29, 0.717) is 24.1 Å². The molecule has 3 rings (SSSR count). The number of anilines is 2. The zero-order valence-electron chi connectivity index (χ0n) is 17.1. The standard InChI is InChI=1S/C21H23N3O5S/c1-4-5-6-8-23-16-11-17(24(28)29)15(10-14(16)21(2,3)20(23)27)22-19(26)13-7-9-30-18(13)12-25/h7,9-12H,4-6,8H2,1-3H3,(H,22,26). The first kappa shape index (κ1) is 21.6. The van der Waals surface area contributed by atoms with Crippen LogP contribution in [0.1, 0.15) is 65.6 Å². The number of thiophene rings is 1. The molecular formula is C21H23N3O5S. The monoisotopic (exact) mass is 429 g/mol. The molecule has 0 spiro atoms. The highest BCUT2D eigenvalue weighted by Gasteiger charge is 2.45. The predicted molar refractivity (Wildman–Crippen MR) is 116 cm³/mol. The van der Waals surface area contributed by atoms with Gasteiger partial charge in [0.2, 0.25) is 5.91 Å². The van der Waals surface area contributed by atoms with E-state index in [-0.39, 0.29) is 27.7 Å². The van der Waals surface area contributed by atoms with Crippen molar-refractivity contribution in [2.75, 3.05) is 16.8 Å². The van der Waals surface area contributed by atoms with Gasteiger partial charge in [0.1, 0.15) is 5.69 Å². The van der Waals surface area contributed by atoms with E-state index in [2.05, 4.69) is 12.2 Å². The first-order valence-corrected chi connectivity index (χ1v) is 10.6. The molecule has 2 heterocycles. The summed E-state index contributed by atoms with van der Waals surface area (Å²) in [5, 5.41) is 15.9. The number of nitrogens with zero attached hydrogens (tertiary/aromatic N) is 2. The van der Waals surface area contributed by atoms with Crippen LogP contribution < -0.4 is 10.2 Å². The zero-order chi connectivity index (χ0) is 22.1. The number of amides is 2. The minimum atomic E-state index is -0.869. The van der Waals surface area contributed by atoms with Crippen molar-refractivity contribution in [3.8, 4) is 0 Å². The van der Waals surface area contributed by atoms with Crippen LogP contribution in [0.5, 0.6) is 0 Å². The molecule has 1 aromatic heterocycles. The van der Waals surface area contributed by atoms with E-state index < -0.39 is 16.2 Å². The van der Waals surface area contributed by atoms with Crippen molar-refractivity contribution in [3.05, 3.63) is 49.7 Å². The second-order valence-electron chi connectivity index (χ2n) is 7.70. The highest BCUT2D eigenvalue weighted by molar-refractivity contribution is 7.12. The van der Waals surface area contributed by atoms with Gasteiger partial charge in [-0.05, 0) is 43.3 Å². The van der Waals surface area contributed by atoms with E-state index in [1.54, 1.807) is 24.1 Å². The lowest BCUT2D eigenvalue weighted by Gasteiger charge is -2.20. The number of carbonyl (C=O) groups excluding carboxylic acids is 3. The summed E-state index contributed by atoms with van der Waals surface area (Å²) in [4.78, 5) is 49.7. The SMILES string of the molecule is CCCCCN1C(=O)C(C)(C)c2cc(NC(=O)c3ccsc3C=O)c([N+](=O)[O-])cc21. The number of benzene rings is 1. The van der Waals surface area contributed by atoms with Crippen molar-refractivity contribution < 1.29 is 19.3 Å². The molecule has 1 aliphatic heterocycles. The van der Waals surface area contributed by atoms with E-state index in [0.717, 1.165) is 30.6 Å². The summed E-state index contributed by atoms with van der Waals surface area (Å²) in [7, 11) is 0. The minimum Gasteiger partial charge on any atom is -0.316 e. The van der Waals surface area contributed by atoms with Crippen LogP contribution in [0.15, 0.2) is 23.6 Å². The third-order valence-electron chi connectivity index (χ3n) is 5.33. The summed E-state index contributed by atoms with van der Waals surface area (Å²) in [5.74, 6) is -0.726. The van der Waals surface area contributed by atoms with E-state index in [4.69, 9.17) is 0 Å². The van der Waals surface area contributed by atoms with Crippen molar-refractivity contribution in [1.82, 2.24) is 0 Å². The molecule has 2 amide bonds. The summed E-state index contributed by atoms with van der Waals surface area (Å²) in [6, 6.07) is 4.36. The number of nitro benzene ring substituents is 1. The van der Waals surface area contributed by atoms with Crippen molar-refractivity contribution >= 4 is 46.5 Å². The fraction of sp³-hybridized carbons (Fsp3) is 0.381. The molecule has 30 heavy (non-hydrogen) atoms. The molecule has 0 unspecified atom stereocenters. The average molecular weight is 429 g/mol. The number of hydrogen-bond donors (Lipinski definition) is 1. The second-order valence-corrected chi connectivity index (χ2v) is 8.65. The van der Waals surface area contributed by atoms with Crippen molar-refractivity contribution in [2.45, 2.75) is 45.4 Å². The number of rotatable bonds is 8. The maximum Gasteiger partial charge on any atom is 0.294 e. The number of unbranched alkanes of at least 4 members (excludes halogenated alkanes) is 2. The molecule has 0 saturated carbocycles. The van der Waals surface area contributed by atoms with Gasteiger partial charge in [-0.1, -0.05) is 19.8 Å². The molecule has 0 bridgehead atoms. The van der Waals surface area contributed by atoms with Gasteiger partial charge in [-0.2, -0.15) is 0 Å². The van der Waals surface area contributed by atoms with Gasteiger partial charge in [0.05, 0.1) is 26.5 Å². The molecule has 1 aromatic carbocycles. The number of hydrogen-bond acceptors (Lipinski definition) is 6. The molecule has 2 aromatic rings. The Balaban J connectivity index is 2.03. The van der Waals surface area contributed by atoms with Gasteiger partial charge in [0.25, 0.3) is 11.6 Å². The summed E-state index contributed by atoms with van der Waals surface area (Å²) < 4.78 is 0. The minimum absolute atomic E-state index is 0.00285. The zero-order valence-corrected chi connectivity index (χ0v) is 17.9. The molecule has 0 aliphatic carbocycles. The topological polar surface area (TPSA) is 110 Å². The quantitative estimate of drug-likeness (QED) is 0.287. The van der Waals surface area contributed by atoms with E-state index in [1.807, 2.05) is 0 Å². The Labute approximate surface area is 178 Å². The Morgan fingerprint density at radius 1 is 1.33 bits per heavy atom. The normalized spacial score (nSPS) is 14.5. The molecule has 9 heteroatoms. The summed E-state index contributed by atoms with van der Waals surface area (Å²) in [6.45, 7) is 6.10. The van der Waals surface area contributed by atoms with E-state index >= 15 is 0 Å². The van der Waals surface area contributed by atoms with Crippen LogP contribution in [0, 0.1) is 10.1 Å². The van der Waals surface area contributed by atoms with Gasteiger partial charge in [-0.3, -0.25) is 24.5 Å². The fourth-order valence-corrected chi connectivity index (χ4v) is 4.34. The van der Waals surface area contributed by atoms with Gasteiger partial charge in [-0.15, -0.1) is 11.3 Å². The third-order valence-corrected chi connectivity index (χ3v) is 6.18. The Morgan fingerprint density at radius 2 is 2.07 bits per heavy atom. The van der Waals surface area contributed by atoms with Crippen molar-refractivity contribution in [3.63, 3.8) is 0 Å². The molecule has 1 N–H and O–H groups in total. The Bertz CT molecular complexity index is 1030. The van der Waals surface area contributed by atoms with Gasteiger partial charge in [0.15, 0.2) is 6.29 Å². The first-order chi connectivity index (χ1) is 14.2. The number of nitro groups is 1. The van der Waals surface area contributed by atoms with Gasteiger partial charge >= 0.3 is 0 Å². The molecule has 0 atom stereocenters. The van der Waals surface area contributed by atoms with Crippen LogP contribution >= 0.6 is 11.3 Å². The Hall–Kier alpha value is -3.07. The number of fused-ring (bicyclic) bond motifs is 1. The predicted octanol–water partition coefficient (Wildman–Crippen LogP) is 4.54. The molecular weight excluding hydrogens is 406 g/mol. The lowest BCUT2D eigenvalue weighted by atomic mass is 9.85. The van der Waals surface area contributed by atoms with Gasteiger partial charge < -0.3 is 10.2 Å². The maximum atomic E-state index is 13.0. The summed E-state index contributed by atoms with van der Waals surface area (Å²) >= 11 is 1.11. The Morgan fingerprint density at radius 3 is 2.70 bits per heavy atom. The average Bonchev–Trinajstić information content (AvgIpc) is 3.25. The number of aldehydes is 1. The van der Waals surface area contributed by atoms with E-state index in [1.165, 1.54) is 18.2 Å². The fourth-order valence-electron chi connectivity index (χ4n) is 3.65. The van der Waals surface area contributed by atoms with Crippen molar-refractivity contribution in [2.24, 2.45) is 0 Å². The lowest BCUT2D eigenvalue weighted by molar-refractivity contribution is -0.383.